The molecule has 0 aliphatic carbocycles. The lowest BCUT2D eigenvalue weighted by Gasteiger charge is -2.25. The number of carbonyl (C=O) groups excluding carboxylic acids is 1. The zero-order chi connectivity index (χ0) is 15.7. The molecule has 3 N–H and O–H groups in total. The smallest absolute Gasteiger partial charge is 0.338 e. The molecule has 0 aliphatic heterocycles. The van der Waals surface area contributed by atoms with Crippen molar-refractivity contribution in [2.75, 3.05) is 18.9 Å². The van der Waals surface area contributed by atoms with Gasteiger partial charge in [-0.3, -0.25) is 5.32 Å². The monoisotopic (exact) mass is 300 g/mol. The molecule has 0 radical (unpaired) electrons. The van der Waals surface area contributed by atoms with Crippen LogP contribution < -0.4 is 5.32 Å². The van der Waals surface area contributed by atoms with Crippen molar-refractivity contribution in [1.29, 1.82) is 0 Å². The Balaban J connectivity index is 2.91. The average molecular weight is 300 g/mol. The molecule has 0 atom stereocenters. The van der Waals surface area contributed by atoms with Crippen molar-refractivity contribution in [1.82, 2.24) is 4.90 Å². The van der Waals surface area contributed by atoms with E-state index >= 15 is 0 Å². The maximum absolute atomic E-state index is 12.0. The number of likely N-dealkylation sites (N-methyl/N-ethyl adjacent to an activating group) is 1. The number of rotatable bonds is 4. The van der Waals surface area contributed by atoms with Crippen molar-refractivity contribution in [2.24, 2.45) is 0 Å². The molecule has 0 aromatic carbocycles. The first-order valence-corrected chi connectivity index (χ1v) is 6.92. The van der Waals surface area contributed by atoms with Gasteiger partial charge in [-0.2, -0.15) is 0 Å². The van der Waals surface area contributed by atoms with Crippen LogP contribution in [0.15, 0.2) is 0 Å². The van der Waals surface area contributed by atoms with E-state index in [0.717, 1.165) is 4.88 Å². The van der Waals surface area contributed by atoms with Crippen LogP contribution in [0, 0.1) is 13.8 Å². The zero-order valence-electron chi connectivity index (χ0n) is 12.3. The third-order valence-corrected chi connectivity index (χ3v) is 3.91. The highest BCUT2D eigenvalue weighted by molar-refractivity contribution is 7.16. The number of hydrogen-bond acceptors (Lipinski definition) is 4. The number of nitrogens with one attached hydrogen (secondary N) is 1. The maximum atomic E-state index is 12.0. The van der Waals surface area contributed by atoms with Gasteiger partial charge in [0.1, 0.15) is 5.00 Å². The SMILES string of the molecule is Cc1sc(NC(=O)N(C)CC(C)(C)O)c(C(=O)O)c1C. The van der Waals surface area contributed by atoms with E-state index in [1.54, 1.807) is 27.8 Å². The van der Waals surface area contributed by atoms with E-state index in [1.807, 2.05) is 6.92 Å². The van der Waals surface area contributed by atoms with Crippen molar-refractivity contribution in [3.8, 4) is 0 Å². The Kier molecular flexibility index (Phi) is 4.77. The number of urea groups is 1. The second kappa shape index (κ2) is 5.80. The van der Waals surface area contributed by atoms with Gasteiger partial charge in [0.15, 0.2) is 0 Å². The lowest BCUT2D eigenvalue weighted by molar-refractivity contribution is 0.0550. The van der Waals surface area contributed by atoms with E-state index in [9.17, 15) is 19.8 Å². The topological polar surface area (TPSA) is 89.9 Å². The number of aryl methyl sites for hydroxylation is 1. The number of carboxylic acids is 1. The molecule has 0 spiro atoms. The second-order valence-electron chi connectivity index (χ2n) is 5.39. The van der Waals surface area contributed by atoms with Crippen LogP contribution in [0.2, 0.25) is 0 Å². The summed E-state index contributed by atoms with van der Waals surface area (Å²) in [5.74, 6) is -1.06. The largest absolute Gasteiger partial charge is 0.478 e. The first-order valence-electron chi connectivity index (χ1n) is 6.10. The minimum Gasteiger partial charge on any atom is -0.478 e. The van der Waals surface area contributed by atoms with E-state index in [4.69, 9.17) is 0 Å². The van der Waals surface area contributed by atoms with Crippen molar-refractivity contribution in [2.45, 2.75) is 33.3 Å². The lowest BCUT2D eigenvalue weighted by Crippen LogP contribution is -2.41. The Morgan fingerprint density at radius 2 is 1.90 bits per heavy atom. The molecule has 112 valence electrons. The fourth-order valence-corrected chi connectivity index (χ4v) is 2.86. The summed E-state index contributed by atoms with van der Waals surface area (Å²) in [6.45, 7) is 6.86. The molecule has 1 heterocycles. The Morgan fingerprint density at radius 3 is 2.35 bits per heavy atom. The predicted octanol–water partition coefficient (Wildman–Crippen LogP) is 2.30. The van der Waals surface area contributed by atoms with Crippen molar-refractivity contribution in [3.05, 3.63) is 16.0 Å². The standard InChI is InChI=1S/C13H20N2O4S/c1-7-8(2)20-10(9(7)11(16)17)14-12(18)15(5)6-13(3,4)19/h19H,6H2,1-5H3,(H,14,18)(H,16,17). The Morgan fingerprint density at radius 1 is 1.35 bits per heavy atom. The normalized spacial score (nSPS) is 11.3. The number of carbonyl (C=O) groups is 2. The maximum Gasteiger partial charge on any atom is 0.338 e. The molecule has 0 bridgehead atoms. The average Bonchev–Trinajstić information content (AvgIpc) is 2.51. The van der Waals surface area contributed by atoms with Crippen LogP contribution in [0.5, 0.6) is 0 Å². The minimum atomic E-state index is -1.06. The first-order chi connectivity index (χ1) is 9.03. The third kappa shape index (κ3) is 3.94. The molecule has 6 nitrogen and oxygen atoms in total. The van der Waals surface area contributed by atoms with E-state index in [2.05, 4.69) is 5.32 Å². The fraction of sp³-hybridized carbons (Fsp3) is 0.538. The highest BCUT2D eigenvalue weighted by Crippen LogP contribution is 2.32. The van der Waals surface area contributed by atoms with Crippen LogP contribution in [0.4, 0.5) is 9.80 Å². The molecule has 1 aromatic rings. The van der Waals surface area contributed by atoms with Crippen LogP contribution in [0.25, 0.3) is 0 Å². The van der Waals surface area contributed by atoms with Crippen LogP contribution in [0.1, 0.15) is 34.6 Å². The molecule has 2 amide bonds. The van der Waals surface area contributed by atoms with E-state index in [-0.39, 0.29) is 12.1 Å². The van der Waals surface area contributed by atoms with Gasteiger partial charge in [0.25, 0.3) is 0 Å². The molecule has 0 aliphatic rings. The highest BCUT2D eigenvalue weighted by Gasteiger charge is 2.23. The van der Waals surface area contributed by atoms with Gasteiger partial charge in [0.2, 0.25) is 0 Å². The summed E-state index contributed by atoms with van der Waals surface area (Å²) in [6.07, 6.45) is 0. The number of carboxylic acid groups (broad SMARTS) is 1. The third-order valence-electron chi connectivity index (χ3n) is 2.79. The van der Waals surface area contributed by atoms with Gasteiger partial charge in [-0.25, -0.2) is 9.59 Å². The number of anilines is 1. The van der Waals surface area contributed by atoms with Crippen LogP contribution in [0.3, 0.4) is 0 Å². The fourth-order valence-electron chi connectivity index (χ4n) is 1.82. The van der Waals surface area contributed by atoms with Gasteiger partial charge in [-0.05, 0) is 33.3 Å². The van der Waals surface area contributed by atoms with Gasteiger partial charge >= 0.3 is 12.0 Å². The molecule has 1 rings (SSSR count). The summed E-state index contributed by atoms with van der Waals surface area (Å²) in [4.78, 5) is 25.4. The molecule has 20 heavy (non-hydrogen) atoms. The van der Waals surface area contributed by atoms with Gasteiger partial charge in [0.05, 0.1) is 17.7 Å². The number of amides is 2. The molecular weight excluding hydrogens is 280 g/mol. The molecule has 0 saturated heterocycles. The summed E-state index contributed by atoms with van der Waals surface area (Å²) in [6, 6.07) is -0.448. The highest BCUT2D eigenvalue weighted by atomic mass is 32.1. The van der Waals surface area contributed by atoms with E-state index in [1.165, 1.54) is 16.2 Å². The van der Waals surface area contributed by atoms with Crippen LogP contribution in [-0.2, 0) is 0 Å². The van der Waals surface area contributed by atoms with Crippen LogP contribution >= 0.6 is 11.3 Å². The number of thiophene rings is 1. The molecule has 7 heteroatoms. The molecule has 1 aromatic heterocycles. The molecule has 0 fully saturated rings. The summed E-state index contributed by atoms with van der Waals surface area (Å²) >= 11 is 1.23. The molecular formula is C13H20N2O4S. The summed E-state index contributed by atoms with van der Waals surface area (Å²) < 4.78 is 0. The summed E-state index contributed by atoms with van der Waals surface area (Å²) in [5, 5.41) is 21.8. The molecule has 0 unspecified atom stereocenters. The van der Waals surface area contributed by atoms with Gasteiger partial charge in [-0.15, -0.1) is 11.3 Å². The summed E-state index contributed by atoms with van der Waals surface area (Å²) in [7, 11) is 1.54. The number of aliphatic hydroxyl groups is 1. The van der Waals surface area contributed by atoms with Gasteiger partial charge in [0, 0.05) is 11.9 Å². The lowest BCUT2D eigenvalue weighted by atomic mass is 10.1. The van der Waals surface area contributed by atoms with E-state index in [0.29, 0.717) is 10.6 Å². The van der Waals surface area contributed by atoms with Gasteiger partial charge in [-0.1, -0.05) is 0 Å². The number of hydrogen-bond donors (Lipinski definition) is 3. The zero-order valence-corrected chi connectivity index (χ0v) is 13.1. The number of nitrogens with zero attached hydrogens (tertiary/aromatic N) is 1. The Labute approximate surface area is 122 Å². The van der Waals surface area contributed by atoms with Crippen molar-refractivity contribution < 1.29 is 19.8 Å². The minimum absolute atomic E-state index is 0.123. The second-order valence-corrected chi connectivity index (χ2v) is 6.62. The predicted molar refractivity (Wildman–Crippen MR) is 78.7 cm³/mol. The first kappa shape index (κ1) is 16.5. The van der Waals surface area contributed by atoms with E-state index < -0.39 is 17.6 Å². The Bertz CT molecular complexity index is 531. The Hall–Kier alpha value is -1.60. The van der Waals surface area contributed by atoms with Gasteiger partial charge < -0.3 is 15.1 Å². The van der Waals surface area contributed by atoms with Crippen molar-refractivity contribution >= 4 is 28.3 Å². The molecule has 0 saturated carbocycles. The van der Waals surface area contributed by atoms with Crippen molar-refractivity contribution in [3.63, 3.8) is 0 Å². The summed E-state index contributed by atoms with van der Waals surface area (Å²) in [5.41, 5.74) is -0.233. The van der Waals surface area contributed by atoms with Crippen LogP contribution in [-0.4, -0.2) is 46.3 Å². The number of aromatic carboxylic acids is 1. The quantitative estimate of drug-likeness (QED) is 0.796.